The van der Waals surface area contributed by atoms with Gasteiger partial charge < -0.3 is 15.7 Å². The largest absolute Gasteiger partial charge is 0.391 e. The number of rotatable bonds is 5. The molecule has 4 nitrogen and oxygen atoms in total. The van der Waals surface area contributed by atoms with Crippen LogP contribution >= 0.6 is 11.8 Å². The Hall–Kier alpha value is -1.20. The minimum absolute atomic E-state index is 0.236. The first-order valence-electron chi connectivity index (χ1n) is 6.63. The van der Waals surface area contributed by atoms with E-state index in [0.717, 1.165) is 11.4 Å². The summed E-state index contributed by atoms with van der Waals surface area (Å²) in [5.74, 6) is 0.963. The average Bonchev–Trinajstić information content (AvgIpc) is 2.37. The Bertz CT molecular complexity index is 426. The number of carbonyl (C=O) groups excluding carboxylic acids is 1. The molecule has 5 heteroatoms. The van der Waals surface area contributed by atoms with Crippen LogP contribution < -0.4 is 10.6 Å². The van der Waals surface area contributed by atoms with E-state index in [1.54, 1.807) is 11.8 Å². The standard InChI is InChI=1S/C15H24N2O2S/c1-15(2,3)13(18)9-16-14(19)17-12-7-5-11(6-8-12)10-20-4/h5-8,13,18H,9-10H2,1-4H3,(H2,16,17,19). The van der Waals surface area contributed by atoms with Crippen molar-refractivity contribution in [3.63, 3.8) is 0 Å². The van der Waals surface area contributed by atoms with Crippen molar-refractivity contribution >= 4 is 23.5 Å². The van der Waals surface area contributed by atoms with Crippen molar-refractivity contribution in [1.29, 1.82) is 0 Å². The predicted molar refractivity (Wildman–Crippen MR) is 86.1 cm³/mol. The molecule has 0 bridgehead atoms. The third-order valence-electron chi connectivity index (χ3n) is 2.98. The lowest BCUT2D eigenvalue weighted by Gasteiger charge is -2.25. The fourth-order valence-electron chi connectivity index (χ4n) is 1.52. The molecule has 1 aromatic rings. The summed E-state index contributed by atoms with van der Waals surface area (Å²) in [7, 11) is 0. The number of hydrogen-bond acceptors (Lipinski definition) is 3. The van der Waals surface area contributed by atoms with Gasteiger partial charge in [0.2, 0.25) is 0 Å². The molecular weight excluding hydrogens is 272 g/mol. The number of aliphatic hydroxyl groups excluding tert-OH is 1. The molecule has 0 heterocycles. The van der Waals surface area contributed by atoms with Crippen molar-refractivity contribution in [2.45, 2.75) is 32.6 Å². The lowest BCUT2D eigenvalue weighted by molar-refractivity contribution is 0.0654. The van der Waals surface area contributed by atoms with Crippen LogP contribution in [0.5, 0.6) is 0 Å². The normalized spacial score (nSPS) is 12.8. The van der Waals surface area contributed by atoms with Crippen molar-refractivity contribution in [2.24, 2.45) is 5.41 Å². The van der Waals surface area contributed by atoms with Gasteiger partial charge in [-0.3, -0.25) is 0 Å². The number of thioether (sulfide) groups is 1. The topological polar surface area (TPSA) is 61.4 Å². The van der Waals surface area contributed by atoms with Crippen molar-refractivity contribution in [3.8, 4) is 0 Å². The van der Waals surface area contributed by atoms with Crippen molar-refractivity contribution in [1.82, 2.24) is 5.32 Å². The van der Waals surface area contributed by atoms with Gasteiger partial charge in [0, 0.05) is 18.0 Å². The average molecular weight is 296 g/mol. The van der Waals surface area contributed by atoms with Gasteiger partial charge in [0.25, 0.3) is 0 Å². The fourth-order valence-corrected chi connectivity index (χ4v) is 2.05. The van der Waals surface area contributed by atoms with E-state index in [-0.39, 0.29) is 18.0 Å². The van der Waals surface area contributed by atoms with Gasteiger partial charge in [-0.05, 0) is 29.4 Å². The maximum absolute atomic E-state index is 11.7. The summed E-state index contributed by atoms with van der Waals surface area (Å²) < 4.78 is 0. The molecule has 0 saturated heterocycles. The highest BCUT2D eigenvalue weighted by molar-refractivity contribution is 7.97. The SMILES string of the molecule is CSCc1ccc(NC(=O)NCC(O)C(C)(C)C)cc1. The van der Waals surface area contributed by atoms with Crippen molar-refractivity contribution in [3.05, 3.63) is 29.8 Å². The molecule has 0 spiro atoms. The van der Waals surface area contributed by atoms with E-state index in [9.17, 15) is 9.90 Å². The maximum Gasteiger partial charge on any atom is 0.319 e. The van der Waals surface area contributed by atoms with Gasteiger partial charge in [0.15, 0.2) is 0 Å². The van der Waals surface area contributed by atoms with E-state index >= 15 is 0 Å². The van der Waals surface area contributed by atoms with Crippen LogP contribution in [0.15, 0.2) is 24.3 Å². The number of anilines is 1. The molecule has 0 fully saturated rings. The lowest BCUT2D eigenvalue weighted by Crippen LogP contribution is -2.40. The third-order valence-corrected chi connectivity index (χ3v) is 3.60. The van der Waals surface area contributed by atoms with E-state index in [1.165, 1.54) is 5.56 Å². The second-order valence-electron chi connectivity index (χ2n) is 5.85. The monoisotopic (exact) mass is 296 g/mol. The maximum atomic E-state index is 11.7. The zero-order valence-corrected chi connectivity index (χ0v) is 13.4. The number of carbonyl (C=O) groups is 1. The zero-order chi connectivity index (χ0) is 15.2. The highest BCUT2D eigenvalue weighted by Crippen LogP contribution is 2.18. The molecule has 2 amide bonds. The Morgan fingerprint density at radius 1 is 1.30 bits per heavy atom. The molecule has 0 saturated carbocycles. The van der Waals surface area contributed by atoms with Gasteiger partial charge in [-0.1, -0.05) is 32.9 Å². The molecule has 0 aliphatic heterocycles. The van der Waals surface area contributed by atoms with Crippen LogP contribution in [0.3, 0.4) is 0 Å². The molecule has 20 heavy (non-hydrogen) atoms. The van der Waals surface area contributed by atoms with Gasteiger partial charge in [-0.15, -0.1) is 0 Å². The second-order valence-corrected chi connectivity index (χ2v) is 6.71. The zero-order valence-electron chi connectivity index (χ0n) is 12.6. The Labute approximate surface area is 125 Å². The summed E-state index contributed by atoms with van der Waals surface area (Å²) in [6, 6.07) is 7.45. The molecule has 1 aromatic carbocycles. The van der Waals surface area contributed by atoms with Crippen LogP contribution in [-0.2, 0) is 5.75 Å². The van der Waals surface area contributed by atoms with E-state index in [4.69, 9.17) is 0 Å². The Balaban J connectivity index is 2.42. The van der Waals surface area contributed by atoms with Crippen LogP contribution in [-0.4, -0.2) is 30.0 Å². The molecule has 1 atom stereocenters. The summed E-state index contributed by atoms with van der Waals surface area (Å²) in [6.07, 6.45) is 1.48. The van der Waals surface area contributed by atoms with Crippen molar-refractivity contribution < 1.29 is 9.90 Å². The fraction of sp³-hybridized carbons (Fsp3) is 0.533. The summed E-state index contributed by atoms with van der Waals surface area (Å²) in [6.45, 7) is 6.03. The molecule has 0 aliphatic rings. The summed E-state index contributed by atoms with van der Waals surface area (Å²) in [5.41, 5.74) is 1.73. The summed E-state index contributed by atoms with van der Waals surface area (Å²) in [4.78, 5) is 11.7. The Kier molecular flexibility index (Phi) is 6.36. The molecule has 0 aromatic heterocycles. The van der Waals surface area contributed by atoms with Gasteiger partial charge in [-0.25, -0.2) is 4.79 Å². The number of amides is 2. The number of aliphatic hydroxyl groups is 1. The van der Waals surface area contributed by atoms with E-state index in [2.05, 4.69) is 16.9 Å². The van der Waals surface area contributed by atoms with Crippen LogP contribution in [0, 0.1) is 5.41 Å². The number of urea groups is 1. The van der Waals surface area contributed by atoms with Crippen LogP contribution in [0.4, 0.5) is 10.5 Å². The molecule has 1 unspecified atom stereocenters. The predicted octanol–water partition coefficient (Wildman–Crippen LogP) is 3.08. The van der Waals surface area contributed by atoms with E-state index < -0.39 is 6.10 Å². The van der Waals surface area contributed by atoms with E-state index in [0.29, 0.717) is 0 Å². The van der Waals surface area contributed by atoms with Gasteiger partial charge in [-0.2, -0.15) is 11.8 Å². The summed E-state index contributed by atoms with van der Waals surface area (Å²) in [5, 5.41) is 15.3. The van der Waals surface area contributed by atoms with Crippen LogP contribution in [0.25, 0.3) is 0 Å². The molecule has 1 rings (SSSR count). The number of benzene rings is 1. The number of nitrogens with one attached hydrogen (secondary N) is 2. The first-order valence-corrected chi connectivity index (χ1v) is 8.03. The molecule has 112 valence electrons. The van der Waals surface area contributed by atoms with Gasteiger partial charge >= 0.3 is 6.03 Å². The van der Waals surface area contributed by atoms with Crippen LogP contribution in [0.2, 0.25) is 0 Å². The first kappa shape index (κ1) is 16.9. The highest BCUT2D eigenvalue weighted by Gasteiger charge is 2.22. The van der Waals surface area contributed by atoms with Crippen LogP contribution in [0.1, 0.15) is 26.3 Å². The Morgan fingerprint density at radius 2 is 1.90 bits per heavy atom. The summed E-state index contributed by atoms with van der Waals surface area (Å²) >= 11 is 1.76. The van der Waals surface area contributed by atoms with Crippen molar-refractivity contribution in [2.75, 3.05) is 18.1 Å². The van der Waals surface area contributed by atoms with Gasteiger partial charge in [0.05, 0.1) is 6.10 Å². The number of hydrogen-bond donors (Lipinski definition) is 3. The lowest BCUT2D eigenvalue weighted by atomic mass is 9.89. The van der Waals surface area contributed by atoms with E-state index in [1.807, 2.05) is 45.0 Å². The third kappa shape index (κ3) is 5.84. The Morgan fingerprint density at radius 3 is 2.40 bits per heavy atom. The quantitative estimate of drug-likeness (QED) is 0.782. The second kappa shape index (κ2) is 7.55. The van der Waals surface area contributed by atoms with Gasteiger partial charge in [0.1, 0.15) is 0 Å². The highest BCUT2D eigenvalue weighted by atomic mass is 32.2. The smallest absolute Gasteiger partial charge is 0.319 e. The minimum atomic E-state index is -0.572. The molecule has 0 radical (unpaired) electrons. The first-order chi connectivity index (χ1) is 9.32. The molecule has 3 N–H and O–H groups in total. The molecular formula is C15H24N2O2S. The molecule has 0 aliphatic carbocycles. The minimum Gasteiger partial charge on any atom is -0.391 e.